The van der Waals surface area contributed by atoms with Crippen LogP contribution in [0.1, 0.15) is 32.0 Å². The lowest BCUT2D eigenvalue weighted by atomic mass is 10.1. The SMILES string of the molecule is Cc1cccn2cc(COc3ccccc3C(=O)Nc3ccc(C(N)=O)cc3)nc12. The van der Waals surface area contributed by atoms with Gasteiger partial charge in [-0.3, -0.25) is 9.59 Å². The van der Waals surface area contributed by atoms with Gasteiger partial charge in [-0.25, -0.2) is 4.98 Å². The molecule has 0 aliphatic heterocycles. The second kappa shape index (κ2) is 8.08. The van der Waals surface area contributed by atoms with E-state index in [2.05, 4.69) is 10.3 Å². The Hall–Kier alpha value is -4.13. The predicted octanol–water partition coefficient (Wildman–Crippen LogP) is 3.57. The predicted molar refractivity (Wildman–Crippen MR) is 114 cm³/mol. The van der Waals surface area contributed by atoms with Crippen LogP contribution in [0.5, 0.6) is 5.75 Å². The molecular formula is C23H20N4O3. The largest absolute Gasteiger partial charge is 0.486 e. The van der Waals surface area contributed by atoms with Gasteiger partial charge in [0, 0.05) is 23.6 Å². The minimum atomic E-state index is -0.520. The Labute approximate surface area is 173 Å². The second-order valence-electron chi connectivity index (χ2n) is 6.83. The fourth-order valence-corrected chi connectivity index (χ4v) is 3.12. The summed E-state index contributed by atoms with van der Waals surface area (Å²) >= 11 is 0. The fraction of sp³-hybridized carbons (Fsp3) is 0.0870. The molecule has 0 fully saturated rings. The summed E-state index contributed by atoms with van der Waals surface area (Å²) in [6, 6.07) is 17.3. The summed E-state index contributed by atoms with van der Waals surface area (Å²) in [5, 5.41) is 2.80. The van der Waals surface area contributed by atoms with Crippen LogP contribution in [0, 0.1) is 6.92 Å². The minimum absolute atomic E-state index is 0.235. The van der Waals surface area contributed by atoms with Crippen molar-refractivity contribution in [2.45, 2.75) is 13.5 Å². The quantitative estimate of drug-likeness (QED) is 0.517. The smallest absolute Gasteiger partial charge is 0.259 e. The number of anilines is 1. The van der Waals surface area contributed by atoms with Crippen molar-refractivity contribution < 1.29 is 14.3 Å². The van der Waals surface area contributed by atoms with Crippen molar-refractivity contribution >= 4 is 23.1 Å². The summed E-state index contributed by atoms with van der Waals surface area (Å²) in [5.74, 6) is -0.380. The number of fused-ring (bicyclic) bond motifs is 1. The normalized spacial score (nSPS) is 10.7. The van der Waals surface area contributed by atoms with E-state index in [1.165, 1.54) is 0 Å². The lowest BCUT2D eigenvalue weighted by molar-refractivity contribution is 0.0997. The van der Waals surface area contributed by atoms with Crippen molar-refractivity contribution in [2.75, 3.05) is 5.32 Å². The highest BCUT2D eigenvalue weighted by Crippen LogP contribution is 2.21. The zero-order valence-electron chi connectivity index (χ0n) is 16.3. The molecule has 7 heteroatoms. The summed E-state index contributed by atoms with van der Waals surface area (Å²) in [5.41, 5.74) is 9.28. The third kappa shape index (κ3) is 4.00. The number of para-hydroxylation sites is 1. The zero-order chi connectivity index (χ0) is 21.1. The lowest BCUT2D eigenvalue weighted by Gasteiger charge is -2.11. The molecule has 3 N–H and O–H groups in total. The van der Waals surface area contributed by atoms with E-state index in [0.29, 0.717) is 22.6 Å². The summed E-state index contributed by atoms with van der Waals surface area (Å²) in [6.07, 6.45) is 3.84. The van der Waals surface area contributed by atoms with Gasteiger partial charge >= 0.3 is 0 Å². The average Bonchev–Trinajstić information content (AvgIpc) is 3.17. The van der Waals surface area contributed by atoms with Gasteiger partial charge in [0.2, 0.25) is 5.91 Å². The molecule has 150 valence electrons. The molecule has 2 amide bonds. The highest BCUT2D eigenvalue weighted by Gasteiger charge is 2.14. The number of nitrogens with two attached hydrogens (primary N) is 1. The number of hydrogen-bond acceptors (Lipinski definition) is 4. The van der Waals surface area contributed by atoms with E-state index in [4.69, 9.17) is 10.5 Å². The maximum Gasteiger partial charge on any atom is 0.259 e. The van der Waals surface area contributed by atoms with Crippen LogP contribution in [0.25, 0.3) is 5.65 Å². The Morgan fingerprint density at radius 1 is 1.07 bits per heavy atom. The summed E-state index contributed by atoms with van der Waals surface area (Å²) < 4.78 is 7.85. The third-order valence-electron chi connectivity index (χ3n) is 4.66. The maximum atomic E-state index is 12.7. The van der Waals surface area contributed by atoms with Crippen LogP contribution in [0.4, 0.5) is 5.69 Å². The van der Waals surface area contributed by atoms with E-state index in [1.807, 2.05) is 41.9 Å². The van der Waals surface area contributed by atoms with E-state index in [0.717, 1.165) is 16.9 Å². The van der Waals surface area contributed by atoms with Crippen LogP contribution in [0.3, 0.4) is 0 Å². The van der Waals surface area contributed by atoms with Gasteiger partial charge in [0.25, 0.3) is 5.91 Å². The lowest BCUT2D eigenvalue weighted by Crippen LogP contribution is -2.14. The number of ether oxygens (including phenoxy) is 1. The van der Waals surface area contributed by atoms with Crippen molar-refractivity contribution in [3.05, 3.63) is 95.4 Å². The fourth-order valence-electron chi connectivity index (χ4n) is 3.12. The highest BCUT2D eigenvalue weighted by molar-refractivity contribution is 6.06. The monoisotopic (exact) mass is 400 g/mol. The van der Waals surface area contributed by atoms with Crippen LogP contribution < -0.4 is 15.8 Å². The Kier molecular flexibility index (Phi) is 5.17. The van der Waals surface area contributed by atoms with Gasteiger partial charge in [-0.05, 0) is 55.0 Å². The van der Waals surface area contributed by atoms with Gasteiger partial charge < -0.3 is 20.2 Å². The van der Waals surface area contributed by atoms with Gasteiger partial charge in [0.05, 0.1) is 11.3 Å². The van der Waals surface area contributed by atoms with Gasteiger partial charge in [-0.1, -0.05) is 18.2 Å². The molecule has 0 spiro atoms. The van der Waals surface area contributed by atoms with Gasteiger partial charge in [-0.2, -0.15) is 0 Å². The van der Waals surface area contributed by atoms with Crippen molar-refractivity contribution in [2.24, 2.45) is 5.73 Å². The molecule has 0 saturated heterocycles. The molecular weight excluding hydrogens is 380 g/mol. The van der Waals surface area contributed by atoms with Gasteiger partial charge in [0.15, 0.2) is 0 Å². The van der Waals surface area contributed by atoms with E-state index >= 15 is 0 Å². The van der Waals surface area contributed by atoms with E-state index in [1.54, 1.807) is 42.5 Å². The molecule has 0 aliphatic rings. The number of imidazole rings is 1. The molecule has 7 nitrogen and oxygen atoms in total. The Morgan fingerprint density at radius 3 is 2.57 bits per heavy atom. The standard InChI is InChI=1S/C23H20N4O3/c1-15-5-4-12-27-13-18(25-22(15)27)14-30-20-7-3-2-6-19(20)23(29)26-17-10-8-16(9-11-17)21(24)28/h2-13H,14H2,1H3,(H2,24,28)(H,26,29). The van der Waals surface area contributed by atoms with E-state index in [-0.39, 0.29) is 12.5 Å². The molecule has 0 radical (unpaired) electrons. The number of nitrogens with one attached hydrogen (secondary N) is 1. The van der Waals surface area contributed by atoms with Crippen LogP contribution in [-0.2, 0) is 6.61 Å². The van der Waals surface area contributed by atoms with Gasteiger partial charge in [-0.15, -0.1) is 0 Å². The number of nitrogens with zero attached hydrogens (tertiary/aromatic N) is 2. The topological polar surface area (TPSA) is 98.7 Å². The maximum absolute atomic E-state index is 12.7. The molecule has 2 aromatic carbocycles. The average molecular weight is 400 g/mol. The Bertz CT molecular complexity index is 1230. The van der Waals surface area contributed by atoms with Crippen LogP contribution in [-0.4, -0.2) is 21.2 Å². The zero-order valence-corrected chi connectivity index (χ0v) is 16.3. The molecule has 2 heterocycles. The number of benzene rings is 2. The van der Waals surface area contributed by atoms with Crippen molar-refractivity contribution in [1.29, 1.82) is 0 Å². The number of carbonyl (C=O) groups is 2. The first kappa shape index (κ1) is 19.2. The summed E-state index contributed by atoms with van der Waals surface area (Å²) in [4.78, 5) is 28.5. The van der Waals surface area contributed by atoms with E-state index in [9.17, 15) is 9.59 Å². The van der Waals surface area contributed by atoms with E-state index < -0.39 is 5.91 Å². The molecule has 30 heavy (non-hydrogen) atoms. The summed E-state index contributed by atoms with van der Waals surface area (Å²) in [7, 11) is 0. The third-order valence-corrected chi connectivity index (χ3v) is 4.66. The Balaban J connectivity index is 1.49. The number of pyridine rings is 1. The first-order valence-corrected chi connectivity index (χ1v) is 9.37. The minimum Gasteiger partial charge on any atom is -0.486 e. The first-order valence-electron chi connectivity index (χ1n) is 9.37. The number of carbonyl (C=O) groups excluding carboxylic acids is 2. The molecule has 4 aromatic rings. The highest BCUT2D eigenvalue weighted by atomic mass is 16.5. The first-order chi connectivity index (χ1) is 14.5. The summed E-state index contributed by atoms with van der Waals surface area (Å²) in [6.45, 7) is 2.24. The number of primary amides is 1. The Morgan fingerprint density at radius 2 is 1.83 bits per heavy atom. The van der Waals surface area contributed by atoms with Gasteiger partial charge in [0.1, 0.15) is 18.0 Å². The number of amides is 2. The molecule has 4 rings (SSSR count). The number of aryl methyl sites for hydroxylation is 1. The number of aromatic nitrogens is 2. The molecule has 0 bridgehead atoms. The van der Waals surface area contributed by atoms with Crippen LogP contribution in [0.2, 0.25) is 0 Å². The molecule has 2 aromatic heterocycles. The second-order valence-corrected chi connectivity index (χ2v) is 6.83. The number of rotatable bonds is 6. The molecule has 0 saturated carbocycles. The van der Waals surface area contributed by atoms with Crippen molar-refractivity contribution in [3.8, 4) is 5.75 Å². The molecule has 0 aliphatic carbocycles. The van der Waals surface area contributed by atoms with Crippen molar-refractivity contribution in [3.63, 3.8) is 0 Å². The van der Waals surface area contributed by atoms with Crippen LogP contribution >= 0.6 is 0 Å². The molecule has 0 atom stereocenters. The van der Waals surface area contributed by atoms with Crippen LogP contribution in [0.15, 0.2) is 73.1 Å². The molecule has 0 unspecified atom stereocenters. The van der Waals surface area contributed by atoms with Crippen molar-refractivity contribution in [1.82, 2.24) is 9.38 Å². The number of hydrogen-bond donors (Lipinski definition) is 2.